The van der Waals surface area contributed by atoms with E-state index in [4.69, 9.17) is 5.11 Å². The van der Waals surface area contributed by atoms with Crippen LogP contribution in [-0.4, -0.2) is 40.6 Å². The molecule has 0 spiro atoms. The van der Waals surface area contributed by atoms with Crippen molar-refractivity contribution in [3.05, 3.63) is 65.5 Å². The van der Waals surface area contributed by atoms with Gasteiger partial charge in [0, 0.05) is 19.3 Å². The zero-order chi connectivity index (χ0) is 17.6. The van der Waals surface area contributed by atoms with Gasteiger partial charge in [0.05, 0.1) is 12.2 Å². The predicted octanol–water partition coefficient (Wildman–Crippen LogP) is 2.78. The number of carbonyl (C=O) groups excluding carboxylic acids is 1. The standard InChI is InChI=1S/C17H17F3N2O2/c18-17(19,20)15-7-6-14(12-21-15)16(24)22(10-11-23)9-8-13-4-2-1-3-5-13/h1-7,12,23H,8-11H2. The average molecular weight is 338 g/mol. The van der Waals surface area contributed by atoms with Crippen molar-refractivity contribution < 1.29 is 23.1 Å². The maximum Gasteiger partial charge on any atom is 0.433 e. The Morgan fingerprint density at radius 3 is 2.33 bits per heavy atom. The van der Waals surface area contributed by atoms with Crippen molar-refractivity contribution in [2.24, 2.45) is 0 Å². The lowest BCUT2D eigenvalue weighted by molar-refractivity contribution is -0.141. The minimum absolute atomic E-state index is 0.0597. The van der Waals surface area contributed by atoms with E-state index in [-0.39, 0.29) is 18.7 Å². The Balaban J connectivity index is 2.08. The fourth-order valence-corrected chi connectivity index (χ4v) is 2.21. The van der Waals surface area contributed by atoms with Gasteiger partial charge in [-0.2, -0.15) is 13.2 Å². The summed E-state index contributed by atoms with van der Waals surface area (Å²) in [5, 5.41) is 9.12. The Morgan fingerprint density at radius 2 is 1.79 bits per heavy atom. The van der Waals surface area contributed by atoms with E-state index in [9.17, 15) is 18.0 Å². The third-order valence-corrected chi connectivity index (χ3v) is 3.47. The zero-order valence-corrected chi connectivity index (χ0v) is 12.8. The van der Waals surface area contributed by atoms with Crippen LogP contribution < -0.4 is 0 Å². The summed E-state index contributed by atoms with van der Waals surface area (Å²) in [5.41, 5.74) is 0.0420. The summed E-state index contributed by atoms with van der Waals surface area (Å²) in [4.78, 5) is 17.1. The Bertz CT molecular complexity index is 658. The molecule has 0 atom stereocenters. The van der Waals surface area contributed by atoms with Crippen molar-refractivity contribution in [1.82, 2.24) is 9.88 Å². The molecule has 2 rings (SSSR count). The molecule has 2 aromatic rings. The van der Waals surface area contributed by atoms with Crippen molar-refractivity contribution in [3.8, 4) is 0 Å². The van der Waals surface area contributed by atoms with Gasteiger partial charge in [-0.3, -0.25) is 9.78 Å². The molecule has 1 aromatic heterocycles. The normalized spacial score (nSPS) is 11.3. The van der Waals surface area contributed by atoms with Gasteiger partial charge in [-0.25, -0.2) is 0 Å². The molecule has 4 nitrogen and oxygen atoms in total. The van der Waals surface area contributed by atoms with E-state index in [1.54, 1.807) is 0 Å². The molecule has 0 fully saturated rings. The molecule has 0 bridgehead atoms. The highest BCUT2D eigenvalue weighted by Crippen LogP contribution is 2.27. The van der Waals surface area contributed by atoms with Crippen LogP contribution in [0.4, 0.5) is 13.2 Å². The molecule has 24 heavy (non-hydrogen) atoms. The van der Waals surface area contributed by atoms with Crippen LogP contribution >= 0.6 is 0 Å². The number of aliphatic hydroxyl groups excluding tert-OH is 1. The Hall–Kier alpha value is -2.41. The molecular formula is C17H17F3N2O2. The van der Waals surface area contributed by atoms with Crippen LogP contribution in [-0.2, 0) is 12.6 Å². The highest BCUT2D eigenvalue weighted by Gasteiger charge is 2.32. The number of rotatable bonds is 6. The number of alkyl halides is 3. The lowest BCUT2D eigenvalue weighted by Gasteiger charge is -2.22. The van der Waals surface area contributed by atoms with Gasteiger partial charge < -0.3 is 10.0 Å². The van der Waals surface area contributed by atoms with Crippen LogP contribution in [0.3, 0.4) is 0 Å². The van der Waals surface area contributed by atoms with E-state index in [0.717, 1.165) is 23.9 Å². The van der Waals surface area contributed by atoms with Gasteiger partial charge in [0.25, 0.3) is 5.91 Å². The fourth-order valence-electron chi connectivity index (χ4n) is 2.21. The summed E-state index contributed by atoms with van der Waals surface area (Å²) in [6.07, 6.45) is -3.04. The van der Waals surface area contributed by atoms with Crippen LogP contribution in [0.2, 0.25) is 0 Å². The SMILES string of the molecule is O=C(c1ccc(C(F)(F)F)nc1)N(CCO)CCc1ccccc1. The Morgan fingerprint density at radius 1 is 1.08 bits per heavy atom. The van der Waals surface area contributed by atoms with Gasteiger partial charge in [0.1, 0.15) is 5.69 Å². The monoisotopic (exact) mass is 338 g/mol. The summed E-state index contributed by atoms with van der Waals surface area (Å²) < 4.78 is 37.6. The maximum atomic E-state index is 12.5. The van der Waals surface area contributed by atoms with Crippen LogP contribution in [0.25, 0.3) is 0 Å². The van der Waals surface area contributed by atoms with Gasteiger partial charge in [0.15, 0.2) is 0 Å². The van der Waals surface area contributed by atoms with E-state index in [1.165, 1.54) is 4.90 Å². The molecule has 1 heterocycles. The molecule has 0 aliphatic carbocycles. The number of aliphatic hydroxyl groups is 1. The third-order valence-electron chi connectivity index (χ3n) is 3.47. The highest BCUT2D eigenvalue weighted by atomic mass is 19.4. The molecule has 0 aliphatic rings. The second kappa shape index (κ2) is 7.92. The number of nitrogens with zero attached hydrogens (tertiary/aromatic N) is 2. The number of halogens is 3. The maximum absolute atomic E-state index is 12.5. The van der Waals surface area contributed by atoms with Crippen LogP contribution in [0.1, 0.15) is 21.6 Å². The van der Waals surface area contributed by atoms with E-state index < -0.39 is 17.8 Å². The van der Waals surface area contributed by atoms with Gasteiger partial charge in [-0.1, -0.05) is 30.3 Å². The number of hydrogen-bond acceptors (Lipinski definition) is 3. The first-order valence-corrected chi connectivity index (χ1v) is 7.39. The number of hydrogen-bond donors (Lipinski definition) is 1. The number of pyridine rings is 1. The molecule has 128 valence electrons. The van der Waals surface area contributed by atoms with Gasteiger partial charge in [0.2, 0.25) is 0 Å². The zero-order valence-electron chi connectivity index (χ0n) is 12.8. The average Bonchev–Trinajstić information content (AvgIpc) is 2.58. The minimum atomic E-state index is -4.54. The molecule has 7 heteroatoms. The second-order valence-corrected chi connectivity index (χ2v) is 5.18. The van der Waals surface area contributed by atoms with E-state index >= 15 is 0 Å². The Kier molecular flexibility index (Phi) is 5.92. The van der Waals surface area contributed by atoms with Gasteiger partial charge in [-0.05, 0) is 24.1 Å². The minimum Gasteiger partial charge on any atom is -0.395 e. The number of carbonyl (C=O) groups is 1. The molecule has 1 amide bonds. The largest absolute Gasteiger partial charge is 0.433 e. The predicted molar refractivity (Wildman–Crippen MR) is 82.4 cm³/mol. The van der Waals surface area contributed by atoms with E-state index in [1.807, 2.05) is 30.3 Å². The highest BCUT2D eigenvalue weighted by molar-refractivity contribution is 5.93. The molecule has 1 aromatic carbocycles. The molecule has 0 aliphatic heterocycles. The molecule has 0 radical (unpaired) electrons. The first kappa shape index (κ1) is 17.9. The van der Waals surface area contributed by atoms with Crippen LogP contribution in [0, 0.1) is 0 Å². The van der Waals surface area contributed by atoms with Crippen LogP contribution in [0.15, 0.2) is 48.7 Å². The topological polar surface area (TPSA) is 53.4 Å². The fraction of sp³-hybridized carbons (Fsp3) is 0.294. The first-order chi connectivity index (χ1) is 11.4. The lowest BCUT2D eigenvalue weighted by Crippen LogP contribution is -2.35. The number of benzene rings is 1. The summed E-state index contributed by atoms with van der Waals surface area (Å²) >= 11 is 0. The van der Waals surface area contributed by atoms with Crippen molar-refractivity contribution >= 4 is 5.91 Å². The summed E-state index contributed by atoms with van der Waals surface area (Å²) in [6, 6.07) is 11.4. The lowest BCUT2D eigenvalue weighted by atomic mass is 10.1. The number of amides is 1. The van der Waals surface area contributed by atoms with Gasteiger partial charge in [-0.15, -0.1) is 0 Å². The van der Waals surface area contributed by atoms with Crippen LogP contribution in [0.5, 0.6) is 0 Å². The van der Waals surface area contributed by atoms with Crippen molar-refractivity contribution in [2.75, 3.05) is 19.7 Å². The molecule has 0 saturated carbocycles. The smallest absolute Gasteiger partial charge is 0.395 e. The molecule has 0 saturated heterocycles. The third kappa shape index (κ3) is 4.79. The first-order valence-electron chi connectivity index (χ1n) is 7.39. The van der Waals surface area contributed by atoms with Crippen molar-refractivity contribution in [1.29, 1.82) is 0 Å². The van der Waals surface area contributed by atoms with Gasteiger partial charge >= 0.3 is 6.18 Å². The van der Waals surface area contributed by atoms with E-state index in [0.29, 0.717) is 13.0 Å². The molecule has 0 unspecified atom stereocenters. The molecular weight excluding hydrogens is 321 g/mol. The Labute approximate surface area is 137 Å². The van der Waals surface area contributed by atoms with Crippen molar-refractivity contribution in [2.45, 2.75) is 12.6 Å². The number of aromatic nitrogens is 1. The van der Waals surface area contributed by atoms with E-state index in [2.05, 4.69) is 4.98 Å². The summed E-state index contributed by atoms with van der Waals surface area (Å²) in [5.74, 6) is -0.457. The van der Waals surface area contributed by atoms with Crippen molar-refractivity contribution in [3.63, 3.8) is 0 Å². The summed E-state index contributed by atoms with van der Waals surface area (Å²) in [7, 11) is 0. The molecule has 1 N–H and O–H groups in total. The quantitative estimate of drug-likeness (QED) is 0.881. The summed E-state index contributed by atoms with van der Waals surface area (Å²) in [6.45, 7) is 0.228. The second-order valence-electron chi connectivity index (χ2n) is 5.18.